The second-order valence-corrected chi connectivity index (χ2v) is 6.49. The summed E-state index contributed by atoms with van der Waals surface area (Å²) < 4.78 is 1.96. The topological polar surface area (TPSA) is 72.6 Å². The molecule has 0 N–H and O–H groups in total. The van der Waals surface area contributed by atoms with Gasteiger partial charge in [-0.05, 0) is 31.2 Å². The number of imidazole rings is 1. The van der Waals surface area contributed by atoms with Gasteiger partial charge in [-0.15, -0.1) is 0 Å². The Bertz CT molecular complexity index is 830. The van der Waals surface area contributed by atoms with Crippen LogP contribution in [0.2, 0.25) is 0 Å². The quantitative estimate of drug-likeness (QED) is 0.727. The summed E-state index contributed by atoms with van der Waals surface area (Å²) in [5.74, 6) is 1.36. The Morgan fingerprint density at radius 3 is 2.80 bits per heavy atom. The molecule has 0 saturated carbocycles. The Hall–Kier alpha value is -2.83. The summed E-state index contributed by atoms with van der Waals surface area (Å²) in [5, 5.41) is 0. The maximum Gasteiger partial charge on any atom is 0.225 e. The first-order valence-corrected chi connectivity index (χ1v) is 8.59. The fourth-order valence-electron chi connectivity index (χ4n) is 3.40. The van der Waals surface area contributed by atoms with Crippen molar-refractivity contribution in [2.75, 3.05) is 18.0 Å². The summed E-state index contributed by atoms with van der Waals surface area (Å²) in [6, 6.07) is 1.85. The molecule has 0 spiro atoms. The van der Waals surface area contributed by atoms with Crippen molar-refractivity contribution in [2.24, 2.45) is 13.0 Å². The van der Waals surface area contributed by atoms with E-state index in [1.807, 2.05) is 30.1 Å². The zero-order chi connectivity index (χ0) is 17.1. The van der Waals surface area contributed by atoms with Gasteiger partial charge in [0.05, 0.1) is 30.1 Å². The largest absolute Gasteiger partial charge is 0.341 e. The molecule has 1 atom stereocenters. The first kappa shape index (κ1) is 15.7. The Balaban J connectivity index is 1.48. The van der Waals surface area contributed by atoms with Crippen LogP contribution in [0.25, 0.3) is 11.4 Å². The number of nitrogens with zero attached hydrogens (tertiary/aromatic N) is 7. The molecule has 3 aromatic heterocycles. The van der Waals surface area contributed by atoms with Crippen LogP contribution in [0.1, 0.15) is 18.5 Å². The zero-order valence-electron chi connectivity index (χ0n) is 14.3. The van der Waals surface area contributed by atoms with Gasteiger partial charge in [0.2, 0.25) is 5.95 Å². The lowest BCUT2D eigenvalue weighted by Crippen LogP contribution is -2.37. The Morgan fingerprint density at radius 2 is 2.00 bits per heavy atom. The number of hydrogen-bond acceptors (Lipinski definition) is 6. The van der Waals surface area contributed by atoms with Crippen LogP contribution in [-0.4, -0.2) is 42.6 Å². The summed E-state index contributed by atoms with van der Waals surface area (Å²) in [4.78, 5) is 24.4. The third-order valence-electron chi connectivity index (χ3n) is 4.62. The molecule has 0 bridgehead atoms. The van der Waals surface area contributed by atoms with Crippen LogP contribution < -0.4 is 4.90 Å². The van der Waals surface area contributed by atoms with Crippen molar-refractivity contribution in [2.45, 2.75) is 19.3 Å². The van der Waals surface area contributed by atoms with Gasteiger partial charge in [0.15, 0.2) is 0 Å². The van der Waals surface area contributed by atoms with Crippen molar-refractivity contribution in [3.05, 3.63) is 49.1 Å². The van der Waals surface area contributed by atoms with E-state index < -0.39 is 0 Å². The van der Waals surface area contributed by atoms with Crippen LogP contribution in [0.15, 0.2) is 43.4 Å². The fraction of sp³-hybridized carbons (Fsp3) is 0.389. The fourth-order valence-corrected chi connectivity index (χ4v) is 3.40. The third-order valence-corrected chi connectivity index (χ3v) is 4.62. The van der Waals surface area contributed by atoms with Gasteiger partial charge in [-0.3, -0.25) is 4.98 Å². The molecule has 1 aliphatic rings. The van der Waals surface area contributed by atoms with Crippen LogP contribution in [0.5, 0.6) is 0 Å². The molecule has 0 amide bonds. The van der Waals surface area contributed by atoms with Gasteiger partial charge in [0.1, 0.15) is 5.69 Å². The van der Waals surface area contributed by atoms with E-state index >= 15 is 0 Å². The van der Waals surface area contributed by atoms with E-state index in [1.165, 1.54) is 6.42 Å². The Kier molecular flexibility index (Phi) is 4.37. The van der Waals surface area contributed by atoms with Crippen molar-refractivity contribution in [3.63, 3.8) is 0 Å². The maximum atomic E-state index is 4.79. The second-order valence-electron chi connectivity index (χ2n) is 6.49. The molecule has 25 heavy (non-hydrogen) atoms. The molecule has 128 valence electrons. The third kappa shape index (κ3) is 3.50. The molecule has 1 aliphatic heterocycles. The van der Waals surface area contributed by atoms with E-state index in [9.17, 15) is 0 Å². The van der Waals surface area contributed by atoms with Crippen LogP contribution >= 0.6 is 0 Å². The number of aromatic nitrogens is 6. The minimum Gasteiger partial charge on any atom is -0.341 e. The van der Waals surface area contributed by atoms with Crippen LogP contribution in [0.3, 0.4) is 0 Å². The number of piperidine rings is 1. The minimum absolute atomic E-state index is 0.536. The first-order valence-electron chi connectivity index (χ1n) is 8.59. The molecule has 1 saturated heterocycles. The normalized spacial score (nSPS) is 17.6. The van der Waals surface area contributed by atoms with Crippen LogP contribution in [0.4, 0.5) is 5.95 Å². The minimum atomic E-state index is 0.536. The van der Waals surface area contributed by atoms with Crippen molar-refractivity contribution in [1.29, 1.82) is 0 Å². The molecule has 7 nitrogen and oxygen atoms in total. The zero-order valence-corrected chi connectivity index (χ0v) is 14.3. The van der Waals surface area contributed by atoms with Gasteiger partial charge >= 0.3 is 0 Å². The van der Waals surface area contributed by atoms with E-state index in [2.05, 4.69) is 24.8 Å². The van der Waals surface area contributed by atoms with Gasteiger partial charge in [0, 0.05) is 38.7 Å². The van der Waals surface area contributed by atoms with E-state index in [0.717, 1.165) is 49.0 Å². The highest BCUT2D eigenvalue weighted by Gasteiger charge is 2.22. The lowest BCUT2D eigenvalue weighted by Gasteiger charge is -2.32. The summed E-state index contributed by atoms with van der Waals surface area (Å²) in [6.07, 6.45) is 14.1. The molecular weight excluding hydrogens is 314 g/mol. The number of hydrogen-bond donors (Lipinski definition) is 0. The summed E-state index contributed by atoms with van der Waals surface area (Å²) in [5.41, 5.74) is 2.88. The van der Waals surface area contributed by atoms with Crippen LogP contribution in [-0.2, 0) is 13.5 Å². The number of anilines is 1. The van der Waals surface area contributed by atoms with Crippen molar-refractivity contribution >= 4 is 5.95 Å². The number of aryl methyl sites for hydroxylation is 1. The van der Waals surface area contributed by atoms with Gasteiger partial charge in [-0.1, -0.05) is 0 Å². The lowest BCUT2D eigenvalue weighted by atomic mass is 9.93. The molecule has 0 aromatic carbocycles. The highest BCUT2D eigenvalue weighted by atomic mass is 15.2. The average Bonchev–Trinajstić information content (AvgIpc) is 3.09. The smallest absolute Gasteiger partial charge is 0.225 e. The van der Waals surface area contributed by atoms with Gasteiger partial charge in [-0.2, -0.15) is 0 Å². The molecule has 4 heterocycles. The van der Waals surface area contributed by atoms with Crippen molar-refractivity contribution < 1.29 is 0 Å². The van der Waals surface area contributed by atoms with E-state index in [0.29, 0.717) is 5.92 Å². The van der Waals surface area contributed by atoms with Gasteiger partial charge < -0.3 is 9.47 Å². The molecule has 0 aliphatic carbocycles. The maximum absolute atomic E-state index is 4.79. The molecule has 0 unspecified atom stereocenters. The first-order chi connectivity index (χ1) is 12.3. The van der Waals surface area contributed by atoms with E-state index in [4.69, 9.17) is 4.98 Å². The van der Waals surface area contributed by atoms with Gasteiger partial charge in [-0.25, -0.2) is 19.9 Å². The molecule has 7 heteroatoms. The molecule has 1 fully saturated rings. The highest BCUT2D eigenvalue weighted by Crippen LogP contribution is 2.23. The standard InChI is InChI=1S/C18H21N7/c1-24-13-20-11-17(24)16-10-19-9-15(23-16)8-14-4-2-7-25(12-14)18-21-5-3-6-22-18/h3,5-6,9-11,13-14H,2,4,7-8,12H2,1H3/t14-/m0/s1. The van der Waals surface area contributed by atoms with Crippen molar-refractivity contribution in [3.8, 4) is 11.4 Å². The summed E-state index contributed by atoms with van der Waals surface area (Å²) in [6.45, 7) is 1.98. The Labute approximate surface area is 146 Å². The predicted molar refractivity (Wildman–Crippen MR) is 94.9 cm³/mol. The second kappa shape index (κ2) is 6.96. The molecule has 4 rings (SSSR count). The van der Waals surface area contributed by atoms with Gasteiger partial charge in [0.25, 0.3) is 0 Å². The van der Waals surface area contributed by atoms with E-state index in [-0.39, 0.29) is 0 Å². The molecule has 3 aromatic rings. The molecular formula is C18H21N7. The Morgan fingerprint density at radius 1 is 1.12 bits per heavy atom. The average molecular weight is 335 g/mol. The SMILES string of the molecule is Cn1cncc1-c1cncc(C[C@@H]2CCCN(c3ncccn3)C2)n1. The number of rotatable bonds is 4. The predicted octanol–water partition coefficient (Wildman–Crippen LogP) is 2.13. The monoisotopic (exact) mass is 335 g/mol. The summed E-state index contributed by atoms with van der Waals surface area (Å²) in [7, 11) is 1.97. The van der Waals surface area contributed by atoms with E-state index in [1.54, 1.807) is 24.9 Å². The highest BCUT2D eigenvalue weighted by molar-refractivity contribution is 5.52. The molecule has 0 radical (unpaired) electrons. The van der Waals surface area contributed by atoms with Crippen molar-refractivity contribution in [1.82, 2.24) is 29.5 Å². The summed E-state index contributed by atoms with van der Waals surface area (Å²) >= 11 is 0. The van der Waals surface area contributed by atoms with Crippen LogP contribution in [0, 0.1) is 5.92 Å². The lowest BCUT2D eigenvalue weighted by molar-refractivity contribution is 0.406.